The first-order valence-electron chi connectivity index (χ1n) is 16.3. The number of para-hydroxylation sites is 1. The van der Waals surface area contributed by atoms with E-state index in [1.54, 1.807) is 17.0 Å². The minimum absolute atomic E-state index is 0.0157. The van der Waals surface area contributed by atoms with Crippen LogP contribution in [0.15, 0.2) is 42.5 Å². The standard InChI is InChI=1S/C34H43Cl2N5O4/c1-38-14-8-24(9-15-38)25-10-16-39(17-11-25)32(42)31(21-23-6-7-28(35)29(36)20-23)45-34(44)40-18-12-27(13-19-40)41-22-26-4-2-3-5-30(26)37-33(41)43/h2-7,20,24-25,27,31H,8-19,21-22H2,1H3,(H,37,43)/t31-/m1/s1. The molecular weight excluding hydrogens is 613 g/mol. The average molecular weight is 657 g/mol. The van der Waals surface area contributed by atoms with Gasteiger partial charge in [-0.05, 0) is 99.8 Å². The van der Waals surface area contributed by atoms with Gasteiger partial charge in [-0.1, -0.05) is 47.5 Å². The molecule has 242 valence electrons. The third kappa shape index (κ3) is 7.53. The number of anilines is 1. The normalized spacial score (nSPS) is 21.3. The second-order valence-corrected chi connectivity index (χ2v) is 13.9. The number of nitrogens with one attached hydrogen (secondary N) is 1. The molecule has 6 rings (SSSR count). The molecule has 0 bridgehead atoms. The average Bonchev–Trinajstić information content (AvgIpc) is 3.06. The minimum atomic E-state index is -0.961. The Kier molecular flexibility index (Phi) is 10.1. The summed E-state index contributed by atoms with van der Waals surface area (Å²) in [6, 6.07) is 13.0. The summed E-state index contributed by atoms with van der Waals surface area (Å²) in [4.78, 5) is 48.0. The molecule has 0 saturated carbocycles. The van der Waals surface area contributed by atoms with Crippen molar-refractivity contribution in [1.29, 1.82) is 0 Å². The van der Waals surface area contributed by atoms with Crippen LogP contribution in [0.3, 0.4) is 0 Å². The van der Waals surface area contributed by atoms with E-state index in [1.807, 2.05) is 40.1 Å². The number of rotatable bonds is 6. The van der Waals surface area contributed by atoms with Crippen molar-refractivity contribution in [3.8, 4) is 0 Å². The Hall–Kier alpha value is -3.01. The lowest BCUT2D eigenvalue weighted by Gasteiger charge is -2.41. The molecule has 4 aliphatic rings. The lowest BCUT2D eigenvalue weighted by Crippen LogP contribution is -2.52. The zero-order valence-corrected chi connectivity index (χ0v) is 27.4. The van der Waals surface area contributed by atoms with Gasteiger partial charge in [0.15, 0.2) is 6.10 Å². The van der Waals surface area contributed by atoms with E-state index < -0.39 is 12.2 Å². The summed E-state index contributed by atoms with van der Waals surface area (Å²) >= 11 is 12.4. The molecule has 0 radical (unpaired) electrons. The van der Waals surface area contributed by atoms with E-state index in [4.69, 9.17) is 27.9 Å². The number of amides is 4. The number of hydrogen-bond donors (Lipinski definition) is 1. The summed E-state index contributed by atoms with van der Waals surface area (Å²) in [5.41, 5.74) is 2.72. The highest BCUT2D eigenvalue weighted by Gasteiger charge is 2.37. The van der Waals surface area contributed by atoms with Crippen molar-refractivity contribution in [3.63, 3.8) is 0 Å². The van der Waals surface area contributed by atoms with Gasteiger partial charge in [-0.3, -0.25) is 4.79 Å². The van der Waals surface area contributed by atoms with Gasteiger partial charge in [0.25, 0.3) is 5.91 Å². The summed E-state index contributed by atoms with van der Waals surface area (Å²) in [6.45, 7) is 5.08. The highest BCUT2D eigenvalue weighted by Crippen LogP contribution is 2.33. The molecule has 11 heteroatoms. The van der Waals surface area contributed by atoms with Crippen LogP contribution < -0.4 is 5.32 Å². The molecule has 3 saturated heterocycles. The summed E-state index contributed by atoms with van der Waals surface area (Å²) < 4.78 is 6.00. The minimum Gasteiger partial charge on any atom is -0.436 e. The predicted octanol–water partition coefficient (Wildman–Crippen LogP) is 6.13. The number of halogens is 2. The van der Waals surface area contributed by atoms with Crippen molar-refractivity contribution < 1.29 is 19.1 Å². The second-order valence-electron chi connectivity index (χ2n) is 13.1. The van der Waals surface area contributed by atoms with Gasteiger partial charge in [0.2, 0.25) is 0 Å². The first kappa shape index (κ1) is 32.0. The predicted molar refractivity (Wildman–Crippen MR) is 176 cm³/mol. The van der Waals surface area contributed by atoms with E-state index in [2.05, 4.69) is 17.3 Å². The Morgan fingerprint density at radius 1 is 0.867 bits per heavy atom. The quantitative estimate of drug-likeness (QED) is 0.405. The van der Waals surface area contributed by atoms with E-state index in [9.17, 15) is 14.4 Å². The Balaban J connectivity index is 1.07. The summed E-state index contributed by atoms with van der Waals surface area (Å²) in [5.74, 6) is 1.20. The lowest BCUT2D eigenvalue weighted by atomic mass is 9.79. The first-order chi connectivity index (χ1) is 21.7. The molecule has 4 heterocycles. The Labute approximate surface area is 275 Å². The molecule has 9 nitrogen and oxygen atoms in total. The highest BCUT2D eigenvalue weighted by molar-refractivity contribution is 6.42. The molecule has 2 aromatic rings. The van der Waals surface area contributed by atoms with Crippen LogP contribution in [-0.2, 0) is 22.5 Å². The van der Waals surface area contributed by atoms with E-state index in [-0.39, 0.29) is 24.4 Å². The van der Waals surface area contributed by atoms with Gasteiger partial charge >= 0.3 is 12.1 Å². The smallest absolute Gasteiger partial charge is 0.410 e. The van der Waals surface area contributed by atoms with Gasteiger partial charge in [-0.2, -0.15) is 0 Å². The number of carbonyl (C=O) groups is 3. The molecule has 1 atom stereocenters. The van der Waals surface area contributed by atoms with Crippen molar-refractivity contribution >= 4 is 46.9 Å². The van der Waals surface area contributed by atoms with Gasteiger partial charge < -0.3 is 29.7 Å². The van der Waals surface area contributed by atoms with Crippen molar-refractivity contribution in [2.24, 2.45) is 11.8 Å². The topological polar surface area (TPSA) is 85.4 Å². The van der Waals surface area contributed by atoms with Crippen molar-refractivity contribution in [2.75, 3.05) is 51.6 Å². The van der Waals surface area contributed by atoms with Crippen LogP contribution in [0.4, 0.5) is 15.3 Å². The zero-order chi connectivity index (χ0) is 31.5. The third-order valence-corrected chi connectivity index (χ3v) is 11.0. The maximum atomic E-state index is 13.9. The number of piperidine rings is 3. The lowest BCUT2D eigenvalue weighted by molar-refractivity contribution is -0.142. The van der Waals surface area contributed by atoms with Crippen LogP contribution in [0, 0.1) is 11.8 Å². The molecule has 3 fully saturated rings. The van der Waals surface area contributed by atoms with Crippen LogP contribution in [-0.4, -0.2) is 96.1 Å². The fraction of sp³-hybridized carbons (Fsp3) is 0.559. The first-order valence-corrected chi connectivity index (χ1v) is 17.0. The number of nitrogens with zero attached hydrogens (tertiary/aromatic N) is 4. The number of likely N-dealkylation sites (tertiary alicyclic amines) is 3. The third-order valence-electron chi connectivity index (χ3n) is 10.2. The van der Waals surface area contributed by atoms with Gasteiger partial charge in [-0.25, -0.2) is 9.59 Å². The summed E-state index contributed by atoms with van der Waals surface area (Å²) in [5, 5.41) is 3.82. The number of benzene rings is 2. The Bertz CT molecular complexity index is 1380. The summed E-state index contributed by atoms with van der Waals surface area (Å²) in [7, 11) is 2.18. The van der Waals surface area contributed by atoms with Gasteiger partial charge in [0.05, 0.1) is 10.0 Å². The number of hydrogen-bond acceptors (Lipinski definition) is 5. The number of carbonyl (C=O) groups excluding carboxylic acids is 3. The van der Waals surface area contributed by atoms with Crippen LogP contribution in [0.25, 0.3) is 0 Å². The van der Waals surface area contributed by atoms with Crippen molar-refractivity contribution in [2.45, 2.75) is 63.6 Å². The summed E-state index contributed by atoms with van der Waals surface area (Å²) in [6.07, 6.45) is 4.45. The second kappa shape index (κ2) is 14.2. The van der Waals surface area contributed by atoms with Crippen molar-refractivity contribution in [3.05, 3.63) is 63.6 Å². The number of fused-ring (bicyclic) bond motifs is 1. The molecule has 2 aromatic carbocycles. The Morgan fingerprint density at radius 3 is 2.20 bits per heavy atom. The molecule has 1 N–H and O–H groups in total. The van der Waals surface area contributed by atoms with E-state index >= 15 is 0 Å². The Morgan fingerprint density at radius 2 is 1.51 bits per heavy atom. The molecule has 4 aliphatic heterocycles. The molecule has 0 spiro atoms. The number of urea groups is 1. The molecular formula is C34H43Cl2N5O4. The van der Waals surface area contributed by atoms with Crippen LogP contribution in [0.5, 0.6) is 0 Å². The zero-order valence-electron chi connectivity index (χ0n) is 25.9. The monoisotopic (exact) mass is 655 g/mol. The maximum Gasteiger partial charge on any atom is 0.410 e. The highest BCUT2D eigenvalue weighted by atomic mass is 35.5. The van der Waals surface area contributed by atoms with Crippen molar-refractivity contribution in [1.82, 2.24) is 19.6 Å². The van der Waals surface area contributed by atoms with Crippen LogP contribution >= 0.6 is 23.2 Å². The molecule has 0 aromatic heterocycles. The fourth-order valence-corrected chi connectivity index (χ4v) is 7.75. The molecule has 0 unspecified atom stereocenters. The van der Waals surface area contributed by atoms with E-state index in [0.29, 0.717) is 61.5 Å². The van der Waals surface area contributed by atoms with E-state index in [0.717, 1.165) is 48.7 Å². The van der Waals surface area contributed by atoms with Gasteiger partial charge in [0, 0.05) is 50.9 Å². The SMILES string of the molecule is CN1CCC(C2CCN(C(=O)[C@@H](Cc3ccc(Cl)c(Cl)c3)OC(=O)N3CCC(N4Cc5ccccc5NC4=O)CC3)CC2)CC1. The largest absolute Gasteiger partial charge is 0.436 e. The molecule has 45 heavy (non-hydrogen) atoms. The number of ether oxygens (including phenoxy) is 1. The van der Waals surface area contributed by atoms with E-state index in [1.165, 1.54) is 12.8 Å². The molecule has 0 aliphatic carbocycles. The van der Waals surface area contributed by atoms with Gasteiger partial charge in [-0.15, -0.1) is 0 Å². The van der Waals surface area contributed by atoms with Gasteiger partial charge in [0.1, 0.15) is 0 Å². The maximum absolute atomic E-state index is 13.9. The fourth-order valence-electron chi connectivity index (χ4n) is 7.43. The van der Waals surface area contributed by atoms with Crippen LogP contribution in [0.2, 0.25) is 10.0 Å². The van der Waals surface area contributed by atoms with Crippen LogP contribution in [0.1, 0.15) is 49.7 Å². The molecule has 4 amide bonds.